The number of ether oxygens (including phenoxy) is 2. The van der Waals surface area contributed by atoms with Gasteiger partial charge >= 0.3 is 18.2 Å². The standard InChI is InChI=1S/C29H27ClF3NO4/c1-28(2,3)38-26(35)25(15-17-12-13-23(24(30)14-17)29(31,32)33)34-27(36)37-16-22-20-10-6-4-8-18(20)19-9-5-7-11-21(19)22/h4-14,22,25H,15-16H2,1-3H3,(H,34,36). The van der Waals surface area contributed by atoms with Crippen molar-refractivity contribution in [3.63, 3.8) is 0 Å². The van der Waals surface area contributed by atoms with Gasteiger partial charge < -0.3 is 14.8 Å². The molecule has 1 N–H and O–H groups in total. The summed E-state index contributed by atoms with van der Waals surface area (Å²) in [7, 11) is 0. The fraction of sp³-hybridized carbons (Fsp3) is 0.310. The molecule has 5 nitrogen and oxygen atoms in total. The van der Waals surface area contributed by atoms with Gasteiger partial charge in [-0.1, -0.05) is 66.2 Å². The highest BCUT2D eigenvalue weighted by molar-refractivity contribution is 6.31. The summed E-state index contributed by atoms with van der Waals surface area (Å²) in [6.07, 6.45) is -5.60. The van der Waals surface area contributed by atoms with Gasteiger partial charge in [-0.15, -0.1) is 0 Å². The largest absolute Gasteiger partial charge is 0.458 e. The van der Waals surface area contributed by atoms with E-state index in [1.54, 1.807) is 20.8 Å². The first-order chi connectivity index (χ1) is 17.8. The summed E-state index contributed by atoms with van der Waals surface area (Å²) >= 11 is 5.85. The Labute approximate surface area is 223 Å². The van der Waals surface area contributed by atoms with Gasteiger partial charge in [-0.25, -0.2) is 9.59 Å². The fourth-order valence-corrected chi connectivity index (χ4v) is 4.81. The van der Waals surface area contributed by atoms with Crippen molar-refractivity contribution < 1.29 is 32.2 Å². The Morgan fingerprint density at radius 3 is 2.05 bits per heavy atom. The van der Waals surface area contributed by atoms with Crippen molar-refractivity contribution in [1.29, 1.82) is 0 Å². The van der Waals surface area contributed by atoms with E-state index in [4.69, 9.17) is 21.1 Å². The molecule has 4 rings (SSSR count). The molecule has 0 saturated heterocycles. The summed E-state index contributed by atoms with van der Waals surface area (Å²) < 4.78 is 50.3. The van der Waals surface area contributed by atoms with Gasteiger partial charge in [0, 0.05) is 12.3 Å². The van der Waals surface area contributed by atoms with Gasteiger partial charge in [0.05, 0.1) is 10.6 Å². The summed E-state index contributed by atoms with van der Waals surface area (Å²) in [5.41, 5.74) is 2.69. The maximum Gasteiger partial charge on any atom is 0.417 e. The molecular weight excluding hydrogens is 519 g/mol. The lowest BCUT2D eigenvalue weighted by Crippen LogP contribution is -2.46. The lowest BCUT2D eigenvalue weighted by atomic mass is 9.98. The fourth-order valence-electron chi connectivity index (χ4n) is 4.50. The maximum absolute atomic E-state index is 13.1. The zero-order valence-corrected chi connectivity index (χ0v) is 21.8. The highest BCUT2D eigenvalue weighted by atomic mass is 35.5. The van der Waals surface area contributed by atoms with Crippen molar-refractivity contribution in [2.45, 2.75) is 50.9 Å². The van der Waals surface area contributed by atoms with Crippen molar-refractivity contribution in [2.24, 2.45) is 0 Å². The van der Waals surface area contributed by atoms with Crippen LogP contribution in [0.2, 0.25) is 5.02 Å². The molecule has 0 heterocycles. The van der Waals surface area contributed by atoms with Crippen molar-refractivity contribution in [2.75, 3.05) is 6.61 Å². The first-order valence-corrected chi connectivity index (χ1v) is 12.4. The van der Waals surface area contributed by atoms with Gasteiger partial charge in [-0.05, 0) is 60.7 Å². The van der Waals surface area contributed by atoms with Gasteiger partial charge in [0.1, 0.15) is 18.2 Å². The number of alkyl halides is 3. The molecule has 3 aromatic rings. The lowest BCUT2D eigenvalue weighted by molar-refractivity contribution is -0.157. The summed E-state index contributed by atoms with van der Waals surface area (Å²) in [5.74, 6) is -0.927. The third-order valence-corrected chi connectivity index (χ3v) is 6.42. The first-order valence-electron chi connectivity index (χ1n) is 12.0. The van der Waals surface area contributed by atoms with E-state index < -0.39 is 40.5 Å². The SMILES string of the molecule is CC(C)(C)OC(=O)C(Cc1ccc(C(F)(F)F)c(Cl)c1)NC(=O)OCC1c2ccccc2-c2ccccc21. The first kappa shape index (κ1) is 27.5. The molecular formula is C29H27ClF3NO4. The summed E-state index contributed by atoms with van der Waals surface area (Å²) in [5, 5.41) is 2.02. The number of esters is 1. The number of hydrogen-bond donors (Lipinski definition) is 1. The van der Waals surface area contributed by atoms with E-state index >= 15 is 0 Å². The molecule has 1 aliphatic rings. The third kappa shape index (κ3) is 6.30. The van der Waals surface area contributed by atoms with Gasteiger partial charge in [0.25, 0.3) is 0 Å². The normalized spacial score (nSPS) is 13.9. The number of halogens is 4. The topological polar surface area (TPSA) is 64.6 Å². The quantitative estimate of drug-likeness (QED) is 0.334. The van der Waals surface area contributed by atoms with Gasteiger partial charge in [-0.2, -0.15) is 13.2 Å². The minimum Gasteiger partial charge on any atom is -0.458 e. The van der Waals surface area contributed by atoms with E-state index in [2.05, 4.69) is 5.32 Å². The lowest BCUT2D eigenvalue weighted by Gasteiger charge is -2.25. The zero-order chi connectivity index (χ0) is 27.7. The molecule has 1 aliphatic carbocycles. The van der Waals surface area contributed by atoms with E-state index in [-0.39, 0.29) is 18.9 Å². The van der Waals surface area contributed by atoms with Crippen LogP contribution in [0.3, 0.4) is 0 Å². The van der Waals surface area contributed by atoms with Crippen molar-refractivity contribution in [3.05, 3.63) is 94.0 Å². The van der Waals surface area contributed by atoms with E-state index in [1.807, 2.05) is 48.5 Å². The van der Waals surface area contributed by atoms with Crippen molar-refractivity contribution >= 4 is 23.7 Å². The molecule has 1 unspecified atom stereocenters. The number of carbonyl (C=O) groups is 2. The van der Waals surface area contributed by atoms with Crippen LogP contribution in [0.5, 0.6) is 0 Å². The highest BCUT2D eigenvalue weighted by Crippen LogP contribution is 2.44. The number of fused-ring (bicyclic) bond motifs is 3. The number of hydrogen-bond acceptors (Lipinski definition) is 4. The monoisotopic (exact) mass is 545 g/mol. The number of alkyl carbamates (subject to hydrolysis) is 1. The van der Waals surface area contributed by atoms with Crippen LogP contribution in [0.1, 0.15) is 48.9 Å². The molecule has 0 spiro atoms. The van der Waals surface area contributed by atoms with Crippen molar-refractivity contribution in [3.8, 4) is 11.1 Å². The van der Waals surface area contributed by atoms with Crippen LogP contribution in [0.4, 0.5) is 18.0 Å². The Bertz CT molecular complexity index is 1300. The molecule has 0 aromatic heterocycles. The summed E-state index contributed by atoms with van der Waals surface area (Å²) in [6, 6.07) is 17.7. The Hall–Kier alpha value is -3.52. The maximum atomic E-state index is 13.1. The predicted molar refractivity (Wildman–Crippen MR) is 138 cm³/mol. The van der Waals surface area contributed by atoms with E-state index in [0.29, 0.717) is 5.56 Å². The minimum absolute atomic E-state index is 0.0347. The molecule has 9 heteroatoms. The second kappa shape index (κ2) is 10.7. The Morgan fingerprint density at radius 1 is 0.947 bits per heavy atom. The summed E-state index contributed by atoms with van der Waals surface area (Å²) in [4.78, 5) is 25.7. The molecule has 0 radical (unpaired) electrons. The average Bonchev–Trinajstić information content (AvgIpc) is 3.14. The van der Waals surface area contributed by atoms with E-state index in [0.717, 1.165) is 34.4 Å². The number of amides is 1. The Morgan fingerprint density at radius 2 is 1.53 bits per heavy atom. The smallest absolute Gasteiger partial charge is 0.417 e. The molecule has 0 saturated carbocycles. The van der Waals surface area contributed by atoms with Crippen LogP contribution in [-0.2, 0) is 26.9 Å². The molecule has 1 atom stereocenters. The highest BCUT2D eigenvalue weighted by Gasteiger charge is 2.34. The molecule has 0 bridgehead atoms. The van der Waals surface area contributed by atoms with Gasteiger partial charge in [-0.3, -0.25) is 0 Å². The molecule has 200 valence electrons. The number of nitrogens with one attached hydrogen (secondary N) is 1. The van der Waals surface area contributed by atoms with E-state index in [1.165, 1.54) is 6.07 Å². The third-order valence-electron chi connectivity index (χ3n) is 6.11. The molecule has 38 heavy (non-hydrogen) atoms. The minimum atomic E-state index is -4.61. The molecule has 0 aliphatic heterocycles. The van der Waals surface area contributed by atoms with Crippen LogP contribution in [-0.4, -0.2) is 30.3 Å². The van der Waals surface area contributed by atoms with Gasteiger partial charge in [0.2, 0.25) is 0 Å². The molecule has 1 amide bonds. The number of carbonyl (C=O) groups excluding carboxylic acids is 2. The molecule has 0 fully saturated rings. The number of benzene rings is 3. The van der Waals surface area contributed by atoms with Crippen molar-refractivity contribution in [1.82, 2.24) is 5.32 Å². The van der Waals surface area contributed by atoms with Crippen LogP contribution in [0.15, 0.2) is 66.7 Å². The number of rotatable bonds is 6. The van der Waals surface area contributed by atoms with Crippen LogP contribution in [0, 0.1) is 0 Å². The van der Waals surface area contributed by atoms with Crippen LogP contribution < -0.4 is 5.32 Å². The van der Waals surface area contributed by atoms with Crippen LogP contribution >= 0.6 is 11.6 Å². The van der Waals surface area contributed by atoms with Gasteiger partial charge in [0.15, 0.2) is 0 Å². The van der Waals surface area contributed by atoms with E-state index in [9.17, 15) is 22.8 Å². The predicted octanol–water partition coefficient (Wildman–Crippen LogP) is 7.15. The second-order valence-corrected chi connectivity index (χ2v) is 10.5. The second-order valence-electron chi connectivity index (χ2n) is 10.1. The Kier molecular flexibility index (Phi) is 7.74. The average molecular weight is 546 g/mol. The molecule has 3 aromatic carbocycles. The zero-order valence-electron chi connectivity index (χ0n) is 21.1. The Balaban J connectivity index is 1.49. The summed E-state index contributed by atoms with van der Waals surface area (Å²) in [6.45, 7) is 5.05. The van der Waals surface area contributed by atoms with Crippen LogP contribution in [0.25, 0.3) is 11.1 Å².